The number of rotatable bonds is 20. The van der Waals surface area contributed by atoms with Crippen molar-refractivity contribution in [3.63, 3.8) is 0 Å². The van der Waals surface area contributed by atoms with Gasteiger partial charge in [0.05, 0.1) is 5.92 Å². The summed E-state index contributed by atoms with van der Waals surface area (Å²) in [6.07, 6.45) is 35.3. The molecular weight excluding hydrogens is 496 g/mol. The Balaban J connectivity index is 2.25. The fourth-order valence-electron chi connectivity index (χ4n) is 7.70. The Morgan fingerprint density at radius 3 is 2.15 bits per heavy atom. The number of hydrogen-bond donors (Lipinski definition) is 2. The molecule has 2 rings (SSSR count). The molecule has 1 saturated carbocycles. The van der Waals surface area contributed by atoms with Gasteiger partial charge in [-0.15, -0.1) is 0 Å². The van der Waals surface area contributed by atoms with Crippen molar-refractivity contribution in [1.82, 2.24) is 0 Å². The van der Waals surface area contributed by atoms with E-state index >= 15 is 0 Å². The Bertz CT molecular complexity index is 756. The molecule has 4 nitrogen and oxygen atoms in total. The lowest BCUT2D eigenvalue weighted by molar-refractivity contribution is -0.148. The first-order chi connectivity index (χ1) is 19.5. The molecule has 1 fully saturated rings. The predicted molar refractivity (Wildman–Crippen MR) is 167 cm³/mol. The molecule has 2 aliphatic rings. The van der Waals surface area contributed by atoms with Crippen LogP contribution in [0.2, 0.25) is 0 Å². The lowest BCUT2D eigenvalue weighted by atomic mass is 9.52. The molecule has 230 valence electrons. The molecule has 0 aromatic heterocycles. The van der Waals surface area contributed by atoms with E-state index in [2.05, 4.69) is 38.2 Å². The largest absolute Gasteiger partial charge is 0.481 e. The molecule has 0 heterocycles. The Morgan fingerprint density at radius 2 is 1.45 bits per heavy atom. The van der Waals surface area contributed by atoms with Gasteiger partial charge in [-0.25, -0.2) is 0 Å². The summed E-state index contributed by atoms with van der Waals surface area (Å²) < 4.78 is 0. The topological polar surface area (TPSA) is 74.6 Å². The summed E-state index contributed by atoms with van der Waals surface area (Å²) in [7, 11) is 0. The van der Waals surface area contributed by atoms with Crippen molar-refractivity contribution < 1.29 is 19.8 Å². The molecule has 5 atom stereocenters. The number of carboxylic acids is 2. The van der Waals surface area contributed by atoms with E-state index in [0.29, 0.717) is 17.8 Å². The van der Waals surface area contributed by atoms with Crippen LogP contribution >= 0.6 is 0 Å². The Labute approximate surface area is 246 Å². The molecule has 1 spiro atoms. The van der Waals surface area contributed by atoms with Gasteiger partial charge in [-0.3, -0.25) is 9.59 Å². The van der Waals surface area contributed by atoms with Crippen LogP contribution in [0.1, 0.15) is 162 Å². The number of hydrogen-bond acceptors (Lipinski definition) is 2. The molecule has 4 heteroatoms. The van der Waals surface area contributed by atoms with Crippen LogP contribution in [0.5, 0.6) is 0 Å². The third-order valence-corrected chi connectivity index (χ3v) is 9.97. The fraction of sp³-hybridized carbons (Fsp3) is 0.833. The molecule has 0 aromatic carbocycles. The lowest BCUT2D eigenvalue weighted by Crippen LogP contribution is -2.47. The van der Waals surface area contributed by atoms with Gasteiger partial charge in [-0.05, 0) is 62.7 Å². The van der Waals surface area contributed by atoms with Gasteiger partial charge in [0, 0.05) is 11.8 Å². The van der Waals surface area contributed by atoms with E-state index in [1.54, 1.807) is 0 Å². The zero-order valence-electron chi connectivity index (χ0n) is 26.1. The van der Waals surface area contributed by atoms with E-state index in [1.165, 1.54) is 70.6 Å². The summed E-state index contributed by atoms with van der Waals surface area (Å²) in [5.41, 5.74) is -0.255. The summed E-state index contributed by atoms with van der Waals surface area (Å²) >= 11 is 0. The van der Waals surface area contributed by atoms with E-state index in [9.17, 15) is 14.7 Å². The van der Waals surface area contributed by atoms with Crippen LogP contribution in [0.4, 0.5) is 0 Å². The summed E-state index contributed by atoms with van der Waals surface area (Å²) in [6, 6.07) is 0. The van der Waals surface area contributed by atoms with Gasteiger partial charge in [0.25, 0.3) is 0 Å². The van der Waals surface area contributed by atoms with Gasteiger partial charge >= 0.3 is 11.9 Å². The minimum Gasteiger partial charge on any atom is -0.481 e. The SMILES string of the molecule is CCCCCCC1C=CC2(CCCCCCC2C(=O)O)C(/C=C\CCCCCCCC(=O)O)C1CCCCCC. The van der Waals surface area contributed by atoms with Gasteiger partial charge in [0.2, 0.25) is 0 Å². The molecule has 2 N–H and O–H groups in total. The summed E-state index contributed by atoms with van der Waals surface area (Å²) in [5.74, 6) is -0.153. The second-order valence-corrected chi connectivity index (χ2v) is 13.0. The zero-order chi connectivity index (χ0) is 29.1. The molecule has 0 aromatic rings. The Hall–Kier alpha value is -1.58. The van der Waals surface area contributed by atoms with Crippen molar-refractivity contribution >= 4 is 11.9 Å². The van der Waals surface area contributed by atoms with Crippen LogP contribution in [0, 0.1) is 29.1 Å². The number of unbranched alkanes of at least 4 members (excludes halogenated alkanes) is 11. The quantitative estimate of drug-likeness (QED) is 0.115. The summed E-state index contributed by atoms with van der Waals surface area (Å²) in [5, 5.41) is 19.4. The molecule has 0 amide bonds. The maximum absolute atomic E-state index is 12.8. The molecule has 5 unspecified atom stereocenters. The van der Waals surface area contributed by atoms with Crippen LogP contribution in [-0.4, -0.2) is 22.2 Å². The maximum atomic E-state index is 12.8. The van der Waals surface area contributed by atoms with Crippen LogP contribution in [0.25, 0.3) is 0 Å². The molecule has 0 aliphatic heterocycles. The average Bonchev–Trinajstić information content (AvgIpc) is 2.91. The van der Waals surface area contributed by atoms with E-state index in [0.717, 1.165) is 70.6 Å². The summed E-state index contributed by atoms with van der Waals surface area (Å²) in [4.78, 5) is 23.6. The number of aliphatic carboxylic acids is 2. The normalized spacial score (nSPS) is 27.1. The van der Waals surface area contributed by atoms with Crippen LogP contribution in [-0.2, 0) is 9.59 Å². The highest BCUT2D eigenvalue weighted by Crippen LogP contribution is 2.55. The highest BCUT2D eigenvalue weighted by molar-refractivity contribution is 5.72. The highest BCUT2D eigenvalue weighted by Gasteiger charge is 2.51. The van der Waals surface area contributed by atoms with E-state index in [1.807, 2.05) is 0 Å². The Kier molecular flexibility index (Phi) is 17.6. The van der Waals surface area contributed by atoms with E-state index in [4.69, 9.17) is 5.11 Å². The van der Waals surface area contributed by atoms with Gasteiger partial charge in [-0.1, -0.05) is 134 Å². The molecular formula is C36H62O4. The van der Waals surface area contributed by atoms with Gasteiger partial charge < -0.3 is 10.2 Å². The lowest BCUT2D eigenvalue weighted by Gasteiger charge is -2.51. The van der Waals surface area contributed by atoms with Crippen LogP contribution < -0.4 is 0 Å². The van der Waals surface area contributed by atoms with E-state index < -0.39 is 11.9 Å². The minimum absolute atomic E-state index is 0.255. The van der Waals surface area contributed by atoms with Crippen molar-refractivity contribution in [3.05, 3.63) is 24.3 Å². The van der Waals surface area contributed by atoms with Crippen molar-refractivity contribution in [3.8, 4) is 0 Å². The zero-order valence-corrected chi connectivity index (χ0v) is 26.1. The first-order valence-corrected chi connectivity index (χ1v) is 17.3. The second-order valence-electron chi connectivity index (χ2n) is 13.0. The Morgan fingerprint density at radius 1 is 0.800 bits per heavy atom. The number of carboxylic acid groups (broad SMARTS) is 2. The van der Waals surface area contributed by atoms with Crippen molar-refractivity contribution in [2.24, 2.45) is 29.1 Å². The van der Waals surface area contributed by atoms with Crippen molar-refractivity contribution in [2.45, 2.75) is 162 Å². The molecule has 0 bridgehead atoms. The second kappa shape index (κ2) is 20.3. The first kappa shape index (κ1) is 34.6. The first-order valence-electron chi connectivity index (χ1n) is 17.3. The third-order valence-electron chi connectivity index (χ3n) is 9.97. The van der Waals surface area contributed by atoms with E-state index in [-0.39, 0.29) is 17.8 Å². The molecule has 0 radical (unpaired) electrons. The monoisotopic (exact) mass is 558 g/mol. The average molecular weight is 559 g/mol. The third kappa shape index (κ3) is 11.7. The predicted octanol–water partition coefficient (Wildman–Crippen LogP) is 10.8. The van der Waals surface area contributed by atoms with Crippen LogP contribution in [0.3, 0.4) is 0 Å². The van der Waals surface area contributed by atoms with Crippen LogP contribution in [0.15, 0.2) is 24.3 Å². The van der Waals surface area contributed by atoms with Crippen molar-refractivity contribution in [1.29, 1.82) is 0 Å². The standard InChI is InChI=1S/C36H62O4/c1-3-5-7-16-22-30-27-29-36(28-21-15-14-19-25-33(36)35(39)40)32(31(30)23-17-8-6-4-2)24-18-12-10-9-11-13-20-26-34(37)38/h18,24,27,29-33H,3-17,19-23,25-26,28H2,1-2H3,(H,37,38)(H,39,40)/b24-18-. The minimum atomic E-state index is -0.694. The molecule has 2 aliphatic carbocycles. The fourth-order valence-corrected chi connectivity index (χ4v) is 7.70. The summed E-state index contributed by atoms with van der Waals surface area (Å²) in [6.45, 7) is 4.55. The van der Waals surface area contributed by atoms with Crippen molar-refractivity contribution in [2.75, 3.05) is 0 Å². The smallest absolute Gasteiger partial charge is 0.307 e. The highest BCUT2D eigenvalue weighted by atomic mass is 16.4. The van der Waals surface area contributed by atoms with Gasteiger partial charge in [-0.2, -0.15) is 0 Å². The molecule has 40 heavy (non-hydrogen) atoms. The maximum Gasteiger partial charge on any atom is 0.307 e. The molecule has 0 saturated heterocycles. The number of carbonyl (C=O) groups is 2. The number of allylic oxidation sites excluding steroid dienone is 4. The van der Waals surface area contributed by atoms with Gasteiger partial charge in [0.15, 0.2) is 0 Å². The van der Waals surface area contributed by atoms with Gasteiger partial charge in [0.1, 0.15) is 0 Å².